The minimum absolute atomic E-state index is 0.00407. The fourth-order valence-corrected chi connectivity index (χ4v) is 1.91. The van der Waals surface area contributed by atoms with E-state index in [1.807, 2.05) is 0 Å². The Kier molecular flexibility index (Phi) is 4.08. The van der Waals surface area contributed by atoms with Gasteiger partial charge in [-0.25, -0.2) is 0 Å². The number of Topliss-reactive ketones (excluding diaryl/α,β-unsaturated/α-hetero) is 2. The molecule has 1 aromatic rings. The lowest BCUT2D eigenvalue weighted by Gasteiger charge is -2.20. The van der Waals surface area contributed by atoms with E-state index in [-0.39, 0.29) is 31.0 Å². The van der Waals surface area contributed by atoms with Crippen LogP contribution < -0.4 is 4.74 Å². The molecule has 0 aliphatic carbocycles. The molecule has 7 heteroatoms. The summed E-state index contributed by atoms with van der Waals surface area (Å²) in [5.41, 5.74) is -0.00407. The van der Waals surface area contributed by atoms with Gasteiger partial charge in [-0.2, -0.15) is 0 Å². The molecule has 0 saturated carbocycles. The summed E-state index contributed by atoms with van der Waals surface area (Å²) in [7, 11) is 0. The molecule has 1 aliphatic rings. The Morgan fingerprint density at radius 1 is 1.35 bits per heavy atom. The molecule has 1 fully saturated rings. The first-order valence-corrected chi connectivity index (χ1v) is 5.87. The molecule has 20 heavy (non-hydrogen) atoms. The molecule has 2 rings (SSSR count). The normalized spacial score (nSPS) is 19.8. The van der Waals surface area contributed by atoms with Crippen molar-refractivity contribution in [3.05, 3.63) is 29.8 Å². The topological polar surface area (TPSA) is 52.6 Å². The lowest BCUT2D eigenvalue weighted by molar-refractivity contribution is -0.274. The first kappa shape index (κ1) is 14.5. The summed E-state index contributed by atoms with van der Waals surface area (Å²) in [6.07, 6.45) is -4.69. The molecular formula is C13H11F3O4. The minimum Gasteiger partial charge on any atom is -0.406 e. The lowest BCUT2D eigenvalue weighted by Crippen LogP contribution is -2.33. The summed E-state index contributed by atoms with van der Waals surface area (Å²) in [5, 5.41) is 0. The van der Waals surface area contributed by atoms with Crippen molar-refractivity contribution in [2.75, 3.05) is 13.2 Å². The van der Waals surface area contributed by atoms with Gasteiger partial charge < -0.3 is 9.47 Å². The molecule has 1 aliphatic heterocycles. The van der Waals surface area contributed by atoms with E-state index < -0.39 is 23.8 Å². The van der Waals surface area contributed by atoms with Gasteiger partial charge in [-0.05, 0) is 12.1 Å². The molecule has 0 amide bonds. The third-order valence-corrected chi connectivity index (χ3v) is 2.83. The predicted octanol–water partition coefficient (Wildman–Crippen LogP) is 2.37. The number of ketones is 2. The van der Waals surface area contributed by atoms with E-state index in [1.165, 1.54) is 12.1 Å². The van der Waals surface area contributed by atoms with E-state index >= 15 is 0 Å². The van der Waals surface area contributed by atoms with Gasteiger partial charge >= 0.3 is 6.36 Å². The van der Waals surface area contributed by atoms with E-state index in [0.29, 0.717) is 0 Å². The summed E-state index contributed by atoms with van der Waals surface area (Å²) in [4.78, 5) is 23.7. The van der Waals surface area contributed by atoms with Gasteiger partial charge in [0, 0.05) is 12.0 Å². The zero-order valence-corrected chi connectivity index (χ0v) is 10.3. The minimum atomic E-state index is -4.83. The van der Waals surface area contributed by atoms with Crippen molar-refractivity contribution >= 4 is 11.6 Å². The van der Waals surface area contributed by atoms with Crippen molar-refractivity contribution in [2.45, 2.75) is 12.8 Å². The monoisotopic (exact) mass is 288 g/mol. The number of halogens is 3. The van der Waals surface area contributed by atoms with Crippen LogP contribution in [0.25, 0.3) is 0 Å². The molecule has 0 aromatic heterocycles. The molecule has 1 aromatic carbocycles. The van der Waals surface area contributed by atoms with Gasteiger partial charge in [-0.1, -0.05) is 12.1 Å². The Balaban J connectivity index is 2.17. The van der Waals surface area contributed by atoms with Crippen LogP contribution in [-0.2, 0) is 9.53 Å². The Bertz CT molecular complexity index is 525. The highest BCUT2D eigenvalue weighted by Gasteiger charge is 2.33. The number of ether oxygens (including phenoxy) is 2. The zero-order chi connectivity index (χ0) is 14.8. The molecule has 1 heterocycles. The number of hydrogen-bond donors (Lipinski definition) is 0. The van der Waals surface area contributed by atoms with Crippen LogP contribution in [0.2, 0.25) is 0 Å². The maximum atomic E-state index is 12.1. The van der Waals surface area contributed by atoms with E-state index in [4.69, 9.17) is 4.74 Å². The third kappa shape index (κ3) is 3.57. The van der Waals surface area contributed by atoms with Crippen LogP contribution in [0, 0.1) is 5.92 Å². The molecule has 1 atom stereocenters. The van der Waals surface area contributed by atoms with Crippen LogP contribution in [0.3, 0.4) is 0 Å². The Morgan fingerprint density at radius 2 is 2.10 bits per heavy atom. The first-order valence-electron chi connectivity index (χ1n) is 5.87. The van der Waals surface area contributed by atoms with Gasteiger partial charge in [0.2, 0.25) is 0 Å². The second kappa shape index (κ2) is 5.62. The standard InChI is InChI=1S/C13H11F3O4/c14-13(15,16)20-9-3-1-2-8(6-9)12(18)10-7-19-5-4-11(10)17/h1-3,6,10H,4-5,7H2. The molecule has 0 radical (unpaired) electrons. The lowest BCUT2D eigenvalue weighted by atomic mass is 9.91. The van der Waals surface area contributed by atoms with Gasteiger partial charge in [0.05, 0.1) is 13.2 Å². The van der Waals surface area contributed by atoms with Crippen LogP contribution in [0.4, 0.5) is 13.2 Å². The molecule has 4 nitrogen and oxygen atoms in total. The zero-order valence-electron chi connectivity index (χ0n) is 10.3. The largest absolute Gasteiger partial charge is 0.573 e. The van der Waals surface area contributed by atoms with Crippen molar-refractivity contribution in [1.29, 1.82) is 0 Å². The maximum absolute atomic E-state index is 12.1. The summed E-state index contributed by atoms with van der Waals surface area (Å²) in [6.45, 7) is 0.224. The molecule has 1 unspecified atom stereocenters. The highest BCUT2D eigenvalue weighted by atomic mass is 19.4. The average Bonchev–Trinajstić information content (AvgIpc) is 2.37. The summed E-state index contributed by atoms with van der Waals surface area (Å²) < 4.78 is 45.1. The summed E-state index contributed by atoms with van der Waals surface area (Å²) >= 11 is 0. The second-order valence-corrected chi connectivity index (χ2v) is 4.28. The number of carbonyl (C=O) groups is 2. The molecule has 0 N–H and O–H groups in total. The van der Waals surface area contributed by atoms with Crippen LogP contribution in [-0.4, -0.2) is 31.1 Å². The van der Waals surface area contributed by atoms with Crippen LogP contribution in [0.5, 0.6) is 5.75 Å². The molecule has 1 saturated heterocycles. The Labute approximate surface area is 112 Å². The SMILES string of the molecule is O=C1CCOCC1C(=O)c1cccc(OC(F)(F)F)c1. The number of benzene rings is 1. The van der Waals surface area contributed by atoms with Crippen LogP contribution >= 0.6 is 0 Å². The fourth-order valence-electron chi connectivity index (χ4n) is 1.91. The van der Waals surface area contributed by atoms with Gasteiger partial charge in [-0.15, -0.1) is 13.2 Å². The molecule has 0 spiro atoms. The Morgan fingerprint density at radius 3 is 2.75 bits per heavy atom. The Hall–Kier alpha value is -1.89. The van der Waals surface area contributed by atoms with Gasteiger partial charge in [0.1, 0.15) is 17.5 Å². The average molecular weight is 288 g/mol. The molecular weight excluding hydrogens is 277 g/mol. The highest BCUT2D eigenvalue weighted by molar-refractivity contribution is 6.11. The van der Waals surface area contributed by atoms with Crippen molar-refractivity contribution in [3.63, 3.8) is 0 Å². The molecule has 108 valence electrons. The van der Waals surface area contributed by atoms with E-state index in [2.05, 4.69) is 4.74 Å². The van der Waals surface area contributed by atoms with Crippen molar-refractivity contribution in [2.24, 2.45) is 5.92 Å². The van der Waals surface area contributed by atoms with Gasteiger partial charge in [0.25, 0.3) is 0 Å². The van der Waals surface area contributed by atoms with Crippen molar-refractivity contribution in [1.82, 2.24) is 0 Å². The van der Waals surface area contributed by atoms with E-state index in [9.17, 15) is 22.8 Å². The number of hydrogen-bond acceptors (Lipinski definition) is 4. The summed E-state index contributed by atoms with van der Waals surface area (Å²) in [6, 6.07) is 4.66. The predicted molar refractivity (Wildman–Crippen MR) is 61.4 cm³/mol. The number of carbonyl (C=O) groups excluding carboxylic acids is 2. The highest BCUT2D eigenvalue weighted by Crippen LogP contribution is 2.25. The second-order valence-electron chi connectivity index (χ2n) is 4.28. The fraction of sp³-hybridized carbons (Fsp3) is 0.385. The van der Waals surface area contributed by atoms with Gasteiger partial charge in [-0.3, -0.25) is 9.59 Å². The maximum Gasteiger partial charge on any atom is 0.573 e. The smallest absolute Gasteiger partial charge is 0.406 e. The molecule has 0 bridgehead atoms. The van der Waals surface area contributed by atoms with E-state index in [0.717, 1.165) is 12.1 Å². The van der Waals surface area contributed by atoms with E-state index in [1.54, 1.807) is 0 Å². The van der Waals surface area contributed by atoms with Crippen molar-refractivity contribution < 1.29 is 32.2 Å². The summed E-state index contributed by atoms with van der Waals surface area (Å²) in [5.74, 6) is -2.26. The van der Waals surface area contributed by atoms with Crippen LogP contribution in [0.15, 0.2) is 24.3 Å². The van der Waals surface area contributed by atoms with Crippen LogP contribution in [0.1, 0.15) is 16.8 Å². The quantitative estimate of drug-likeness (QED) is 0.633. The number of rotatable bonds is 3. The van der Waals surface area contributed by atoms with Gasteiger partial charge in [0.15, 0.2) is 5.78 Å². The number of alkyl halides is 3. The first-order chi connectivity index (χ1) is 9.37. The van der Waals surface area contributed by atoms with Crippen molar-refractivity contribution in [3.8, 4) is 5.75 Å². The third-order valence-electron chi connectivity index (χ3n) is 2.83.